The van der Waals surface area contributed by atoms with Crippen LogP contribution in [-0.2, 0) is 19.1 Å². The second-order valence-electron chi connectivity index (χ2n) is 15.5. The minimum atomic E-state index is -0.776. The number of esters is 2. The average Bonchev–Trinajstić information content (AvgIpc) is 3.17. The molecule has 0 saturated heterocycles. The van der Waals surface area contributed by atoms with Gasteiger partial charge in [-0.1, -0.05) is 191 Å². The number of aliphatic hydroxyl groups is 1. The molecule has 0 aliphatic carbocycles. The van der Waals surface area contributed by atoms with Crippen molar-refractivity contribution in [3.05, 3.63) is 48.6 Å². The van der Waals surface area contributed by atoms with E-state index in [2.05, 4.69) is 62.5 Å². The molecule has 0 heterocycles. The van der Waals surface area contributed by atoms with Crippen molar-refractivity contribution < 1.29 is 24.2 Å². The van der Waals surface area contributed by atoms with Crippen molar-refractivity contribution >= 4 is 11.9 Å². The van der Waals surface area contributed by atoms with E-state index in [1.54, 1.807) is 0 Å². The monoisotopic (exact) mass is 757 g/mol. The lowest BCUT2D eigenvalue weighted by atomic mass is 10.1. The van der Waals surface area contributed by atoms with Gasteiger partial charge in [-0.25, -0.2) is 0 Å². The molecule has 0 spiro atoms. The Balaban J connectivity index is 3.53. The van der Waals surface area contributed by atoms with E-state index in [9.17, 15) is 14.7 Å². The van der Waals surface area contributed by atoms with Crippen molar-refractivity contribution in [3.8, 4) is 0 Å². The van der Waals surface area contributed by atoms with Crippen LogP contribution in [0.1, 0.15) is 232 Å². The first kappa shape index (κ1) is 51.9. The second-order valence-corrected chi connectivity index (χ2v) is 15.5. The maximum Gasteiger partial charge on any atom is 0.306 e. The summed E-state index contributed by atoms with van der Waals surface area (Å²) in [4.78, 5) is 24.4. The number of aliphatic hydroxyl groups excluding tert-OH is 1. The van der Waals surface area contributed by atoms with E-state index in [0.717, 1.165) is 51.4 Å². The summed E-state index contributed by atoms with van der Waals surface area (Å²) in [6.07, 6.45) is 57.5. The predicted molar refractivity (Wildman–Crippen MR) is 233 cm³/mol. The Morgan fingerprint density at radius 1 is 0.426 bits per heavy atom. The Kier molecular flexibility index (Phi) is 43.5. The van der Waals surface area contributed by atoms with Gasteiger partial charge in [0, 0.05) is 12.8 Å². The molecule has 0 aromatic rings. The Labute approximate surface area is 335 Å². The van der Waals surface area contributed by atoms with Crippen molar-refractivity contribution in [3.63, 3.8) is 0 Å². The fourth-order valence-corrected chi connectivity index (χ4v) is 6.56. The Morgan fingerprint density at radius 2 is 0.741 bits per heavy atom. The molecule has 1 atom stereocenters. The summed E-state index contributed by atoms with van der Waals surface area (Å²) in [6.45, 7) is 4.11. The molecule has 5 heteroatoms. The lowest BCUT2D eigenvalue weighted by Crippen LogP contribution is -2.28. The molecule has 0 aliphatic rings. The van der Waals surface area contributed by atoms with E-state index in [4.69, 9.17) is 9.47 Å². The van der Waals surface area contributed by atoms with Gasteiger partial charge in [-0.3, -0.25) is 9.59 Å². The fourth-order valence-electron chi connectivity index (χ4n) is 6.56. The van der Waals surface area contributed by atoms with Crippen LogP contribution in [0.2, 0.25) is 0 Å². The molecule has 0 aromatic carbocycles. The SMILES string of the molecule is CCCCC/C=C\C/C=C\CCCCCCCCCCCC(=O)OCC(CO)OC(=O)CCCCCCCCCCC/C=C\C/C=C\CCCCCCC. The molecule has 0 aromatic heterocycles. The minimum absolute atomic E-state index is 0.0695. The van der Waals surface area contributed by atoms with Gasteiger partial charge in [0.2, 0.25) is 0 Å². The molecule has 0 rings (SSSR count). The number of rotatable bonds is 42. The third-order valence-corrected chi connectivity index (χ3v) is 10.1. The van der Waals surface area contributed by atoms with Crippen LogP contribution in [0.3, 0.4) is 0 Å². The summed E-state index contributed by atoms with van der Waals surface area (Å²) in [6, 6.07) is 0. The number of hydrogen-bond donors (Lipinski definition) is 1. The van der Waals surface area contributed by atoms with Crippen LogP contribution in [0.15, 0.2) is 48.6 Å². The van der Waals surface area contributed by atoms with Crippen molar-refractivity contribution in [2.24, 2.45) is 0 Å². The molecule has 1 unspecified atom stereocenters. The number of hydrogen-bond acceptors (Lipinski definition) is 5. The Morgan fingerprint density at radius 3 is 1.13 bits per heavy atom. The van der Waals surface area contributed by atoms with E-state index in [1.165, 1.54) is 154 Å². The molecule has 0 radical (unpaired) electrons. The highest BCUT2D eigenvalue weighted by atomic mass is 16.6. The summed E-state index contributed by atoms with van der Waals surface area (Å²) in [5.41, 5.74) is 0. The number of carbonyl (C=O) groups excluding carboxylic acids is 2. The van der Waals surface area contributed by atoms with Gasteiger partial charge in [-0.2, -0.15) is 0 Å². The van der Waals surface area contributed by atoms with Crippen LogP contribution < -0.4 is 0 Å². The molecular weight excluding hydrogens is 669 g/mol. The van der Waals surface area contributed by atoms with Gasteiger partial charge in [0.15, 0.2) is 6.10 Å². The van der Waals surface area contributed by atoms with Crippen LogP contribution >= 0.6 is 0 Å². The van der Waals surface area contributed by atoms with Gasteiger partial charge in [-0.05, 0) is 77.0 Å². The molecule has 0 fully saturated rings. The fraction of sp³-hybridized carbons (Fsp3) is 0.796. The predicted octanol–water partition coefficient (Wildman–Crippen LogP) is 15.0. The highest BCUT2D eigenvalue weighted by molar-refractivity contribution is 5.70. The van der Waals surface area contributed by atoms with E-state index in [1.807, 2.05) is 0 Å². The molecule has 0 amide bonds. The van der Waals surface area contributed by atoms with E-state index in [0.29, 0.717) is 12.8 Å². The number of carbonyl (C=O) groups is 2. The highest BCUT2D eigenvalue weighted by Gasteiger charge is 2.16. The first-order valence-corrected chi connectivity index (χ1v) is 23.2. The third kappa shape index (κ3) is 42.6. The molecule has 54 heavy (non-hydrogen) atoms. The molecular formula is C49H88O5. The molecule has 1 N–H and O–H groups in total. The van der Waals surface area contributed by atoms with Gasteiger partial charge in [0.05, 0.1) is 6.61 Å². The number of ether oxygens (including phenoxy) is 2. The standard InChI is InChI=1S/C49H88O5/c1-3-5-7-9-11-13-15-17-19-21-23-24-26-28-30-32-34-36-38-40-42-44-49(52)54-47(45-50)46-53-48(51)43-41-39-37-35-33-31-29-27-25-22-20-18-16-14-12-10-8-6-4-2/h12,14-15,17-18,20-21,23,47,50H,3-11,13,16,19,22,24-46H2,1-2H3/b14-12-,17-15-,20-18-,23-21-. The summed E-state index contributed by atoms with van der Waals surface area (Å²) in [5, 5.41) is 9.60. The molecule has 0 aliphatic heterocycles. The third-order valence-electron chi connectivity index (χ3n) is 10.1. The van der Waals surface area contributed by atoms with Crippen LogP contribution in [0.4, 0.5) is 0 Å². The first-order chi connectivity index (χ1) is 26.6. The van der Waals surface area contributed by atoms with Gasteiger partial charge >= 0.3 is 11.9 Å². The molecule has 0 bridgehead atoms. The van der Waals surface area contributed by atoms with E-state index < -0.39 is 6.10 Å². The molecule has 5 nitrogen and oxygen atoms in total. The summed E-state index contributed by atoms with van der Waals surface area (Å²) < 4.78 is 10.7. The topological polar surface area (TPSA) is 72.8 Å². The first-order valence-electron chi connectivity index (χ1n) is 23.2. The van der Waals surface area contributed by atoms with Crippen LogP contribution in [-0.4, -0.2) is 36.4 Å². The Bertz CT molecular complexity index is 904. The normalized spacial score (nSPS) is 12.6. The van der Waals surface area contributed by atoms with Gasteiger partial charge in [0.25, 0.3) is 0 Å². The molecule has 314 valence electrons. The van der Waals surface area contributed by atoms with Gasteiger partial charge in [-0.15, -0.1) is 0 Å². The smallest absolute Gasteiger partial charge is 0.306 e. The maximum atomic E-state index is 12.2. The van der Waals surface area contributed by atoms with E-state index in [-0.39, 0.29) is 25.2 Å². The van der Waals surface area contributed by atoms with Crippen molar-refractivity contribution in [1.82, 2.24) is 0 Å². The summed E-state index contributed by atoms with van der Waals surface area (Å²) >= 11 is 0. The molecule has 0 saturated carbocycles. The number of allylic oxidation sites excluding steroid dienone is 8. The number of unbranched alkanes of at least 4 members (excludes halogenated alkanes) is 26. The average molecular weight is 757 g/mol. The second kappa shape index (κ2) is 45.3. The van der Waals surface area contributed by atoms with Crippen LogP contribution in [0.25, 0.3) is 0 Å². The highest BCUT2D eigenvalue weighted by Crippen LogP contribution is 2.14. The lowest BCUT2D eigenvalue weighted by molar-refractivity contribution is -0.161. The maximum absolute atomic E-state index is 12.2. The zero-order valence-electron chi connectivity index (χ0n) is 35.7. The van der Waals surface area contributed by atoms with Crippen molar-refractivity contribution in [2.45, 2.75) is 238 Å². The summed E-state index contributed by atoms with van der Waals surface area (Å²) in [7, 11) is 0. The Hall–Kier alpha value is -2.14. The zero-order chi connectivity index (χ0) is 39.3. The van der Waals surface area contributed by atoms with Crippen molar-refractivity contribution in [1.29, 1.82) is 0 Å². The largest absolute Gasteiger partial charge is 0.462 e. The van der Waals surface area contributed by atoms with Crippen molar-refractivity contribution in [2.75, 3.05) is 13.2 Å². The summed E-state index contributed by atoms with van der Waals surface area (Å²) in [5.74, 6) is -0.596. The van der Waals surface area contributed by atoms with Crippen LogP contribution in [0, 0.1) is 0 Å². The van der Waals surface area contributed by atoms with E-state index >= 15 is 0 Å². The van der Waals surface area contributed by atoms with Gasteiger partial charge in [0.1, 0.15) is 6.61 Å². The zero-order valence-corrected chi connectivity index (χ0v) is 35.7. The lowest BCUT2D eigenvalue weighted by Gasteiger charge is -2.15. The minimum Gasteiger partial charge on any atom is -0.462 e. The van der Waals surface area contributed by atoms with Gasteiger partial charge < -0.3 is 14.6 Å². The van der Waals surface area contributed by atoms with Crippen LogP contribution in [0.5, 0.6) is 0 Å². The quantitative estimate of drug-likeness (QED) is 0.0381.